The van der Waals surface area contributed by atoms with Crippen molar-refractivity contribution in [1.29, 1.82) is 0 Å². The lowest BCUT2D eigenvalue weighted by molar-refractivity contribution is -0.137. The van der Waals surface area contributed by atoms with Gasteiger partial charge in [0.05, 0.1) is 12.7 Å². The van der Waals surface area contributed by atoms with Gasteiger partial charge in [0.1, 0.15) is 5.82 Å². The molecule has 3 rings (SSSR count). The van der Waals surface area contributed by atoms with E-state index in [0.29, 0.717) is 25.5 Å². The monoisotopic (exact) mass is 369 g/mol. The van der Waals surface area contributed by atoms with Gasteiger partial charge in [-0.1, -0.05) is 6.07 Å². The van der Waals surface area contributed by atoms with E-state index in [4.69, 9.17) is 4.74 Å². The molecule has 0 radical (unpaired) electrons. The van der Waals surface area contributed by atoms with Crippen LogP contribution in [-0.4, -0.2) is 43.2 Å². The highest BCUT2D eigenvalue weighted by Crippen LogP contribution is 2.29. The number of anilines is 1. The third-order valence-electron chi connectivity index (χ3n) is 4.39. The lowest BCUT2D eigenvalue weighted by Gasteiger charge is -2.35. The molecule has 1 aromatic carbocycles. The lowest BCUT2D eigenvalue weighted by Crippen LogP contribution is -2.46. The summed E-state index contributed by atoms with van der Waals surface area (Å²) in [6.45, 7) is 3.34. The topological polar surface area (TPSA) is 28.6 Å². The van der Waals surface area contributed by atoms with Gasteiger partial charge in [0.15, 0.2) is 11.6 Å². The first-order valence-electron chi connectivity index (χ1n) is 8.20. The number of benzene rings is 1. The Kier molecular flexibility index (Phi) is 5.31. The second kappa shape index (κ2) is 7.49. The molecule has 0 amide bonds. The summed E-state index contributed by atoms with van der Waals surface area (Å²) >= 11 is 0. The first kappa shape index (κ1) is 18.4. The Morgan fingerprint density at radius 1 is 1.08 bits per heavy atom. The highest BCUT2D eigenvalue weighted by atomic mass is 19.4. The van der Waals surface area contributed by atoms with Gasteiger partial charge >= 0.3 is 6.18 Å². The van der Waals surface area contributed by atoms with Crippen LogP contribution in [0.15, 0.2) is 36.5 Å². The highest BCUT2D eigenvalue weighted by Gasteiger charge is 2.31. The molecule has 0 N–H and O–H groups in total. The quantitative estimate of drug-likeness (QED) is 0.771. The normalized spacial score (nSPS) is 16.0. The number of methoxy groups -OCH3 is 1. The van der Waals surface area contributed by atoms with Crippen LogP contribution in [-0.2, 0) is 12.7 Å². The van der Waals surface area contributed by atoms with E-state index in [9.17, 15) is 17.6 Å². The zero-order valence-electron chi connectivity index (χ0n) is 14.3. The Labute approximate surface area is 149 Å². The molecule has 0 aliphatic carbocycles. The minimum atomic E-state index is -4.38. The number of hydrogen-bond acceptors (Lipinski definition) is 4. The number of piperazine rings is 1. The molecule has 140 valence electrons. The molecule has 0 atom stereocenters. The predicted molar refractivity (Wildman–Crippen MR) is 89.7 cm³/mol. The van der Waals surface area contributed by atoms with E-state index in [0.717, 1.165) is 30.9 Å². The van der Waals surface area contributed by atoms with Gasteiger partial charge in [-0.25, -0.2) is 9.37 Å². The van der Waals surface area contributed by atoms with Crippen molar-refractivity contribution in [2.75, 3.05) is 38.2 Å². The molecule has 0 unspecified atom stereocenters. The van der Waals surface area contributed by atoms with Crippen LogP contribution in [0.4, 0.5) is 23.4 Å². The molecular formula is C18H19F4N3O. The third-order valence-corrected chi connectivity index (χ3v) is 4.39. The number of hydrogen-bond donors (Lipinski definition) is 0. The molecule has 0 bridgehead atoms. The standard InChI is InChI=1S/C18H19F4N3O/c1-26-16-4-2-13(10-15(16)19)12-24-6-8-25(9-7-24)17-5-3-14(11-23-17)18(20,21)22/h2-5,10-11H,6-9,12H2,1H3. The summed E-state index contributed by atoms with van der Waals surface area (Å²) in [6.07, 6.45) is -3.51. The molecule has 1 fully saturated rings. The smallest absolute Gasteiger partial charge is 0.417 e. The Bertz CT molecular complexity index is 741. The van der Waals surface area contributed by atoms with Crippen molar-refractivity contribution in [3.8, 4) is 5.75 Å². The van der Waals surface area contributed by atoms with Crippen molar-refractivity contribution in [2.24, 2.45) is 0 Å². The van der Waals surface area contributed by atoms with E-state index in [1.165, 1.54) is 19.2 Å². The van der Waals surface area contributed by atoms with Gasteiger partial charge in [-0.3, -0.25) is 4.90 Å². The average molecular weight is 369 g/mol. The maximum absolute atomic E-state index is 13.8. The maximum Gasteiger partial charge on any atom is 0.417 e. The van der Waals surface area contributed by atoms with E-state index in [1.807, 2.05) is 11.0 Å². The van der Waals surface area contributed by atoms with E-state index < -0.39 is 17.6 Å². The molecule has 4 nitrogen and oxygen atoms in total. The predicted octanol–water partition coefficient (Wildman–Crippen LogP) is 3.57. The molecular weight excluding hydrogens is 350 g/mol. The van der Waals surface area contributed by atoms with Crippen LogP contribution in [0.5, 0.6) is 5.75 Å². The Morgan fingerprint density at radius 2 is 1.81 bits per heavy atom. The maximum atomic E-state index is 13.8. The van der Waals surface area contributed by atoms with Crippen molar-refractivity contribution in [2.45, 2.75) is 12.7 Å². The van der Waals surface area contributed by atoms with Gasteiger partial charge in [0.2, 0.25) is 0 Å². The van der Waals surface area contributed by atoms with E-state index >= 15 is 0 Å². The molecule has 1 aliphatic heterocycles. The third kappa shape index (κ3) is 4.24. The van der Waals surface area contributed by atoms with Crippen molar-refractivity contribution in [3.05, 3.63) is 53.5 Å². The Balaban J connectivity index is 1.56. The number of pyridine rings is 1. The molecule has 2 aromatic rings. The molecule has 0 spiro atoms. The summed E-state index contributed by atoms with van der Waals surface area (Å²) in [4.78, 5) is 8.05. The minimum absolute atomic E-state index is 0.215. The van der Waals surface area contributed by atoms with E-state index in [2.05, 4.69) is 9.88 Å². The largest absolute Gasteiger partial charge is 0.494 e. The van der Waals surface area contributed by atoms with E-state index in [-0.39, 0.29) is 5.75 Å². The van der Waals surface area contributed by atoms with Crippen LogP contribution in [0.2, 0.25) is 0 Å². The van der Waals surface area contributed by atoms with Crippen molar-refractivity contribution in [1.82, 2.24) is 9.88 Å². The van der Waals surface area contributed by atoms with Gasteiger partial charge < -0.3 is 9.64 Å². The van der Waals surface area contributed by atoms with Gasteiger partial charge in [-0.05, 0) is 29.8 Å². The summed E-state index contributed by atoms with van der Waals surface area (Å²) in [7, 11) is 1.42. The zero-order chi connectivity index (χ0) is 18.7. The first-order valence-corrected chi connectivity index (χ1v) is 8.20. The lowest BCUT2D eigenvalue weighted by atomic mass is 10.1. The highest BCUT2D eigenvalue weighted by molar-refractivity contribution is 5.40. The summed E-state index contributed by atoms with van der Waals surface area (Å²) < 4.78 is 56.5. The van der Waals surface area contributed by atoms with Gasteiger partial charge in [-0.15, -0.1) is 0 Å². The SMILES string of the molecule is COc1ccc(CN2CCN(c3ccc(C(F)(F)F)cn3)CC2)cc1F. The van der Waals surface area contributed by atoms with Crippen LogP contribution < -0.4 is 9.64 Å². The molecule has 1 aromatic heterocycles. The van der Waals surface area contributed by atoms with Crippen molar-refractivity contribution < 1.29 is 22.3 Å². The van der Waals surface area contributed by atoms with Crippen LogP contribution >= 0.6 is 0 Å². The number of halogens is 4. The fourth-order valence-corrected chi connectivity index (χ4v) is 2.94. The number of rotatable bonds is 4. The first-order chi connectivity index (χ1) is 12.4. The Hall–Kier alpha value is -2.35. The second-order valence-corrected chi connectivity index (χ2v) is 6.13. The number of aromatic nitrogens is 1. The fraction of sp³-hybridized carbons (Fsp3) is 0.389. The number of nitrogens with zero attached hydrogens (tertiary/aromatic N) is 3. The van der Waals surface area contributed by atoms with Gasteiger partial charge in [0.25, 0.3) is 0 Å². The molecule has 1 saturated heterocycles. The Morgan fingerprint density at radius 3 is 2.35 bits per heavy atom. The van der Waals surface area contributed by atoms with Crippen LogP contribution in [0.3, 0.4) is 0 Å². The van der Waals surface area contributed by atoms with Crippen LogP contribution in [0.25, 0.3) is 0 Å². The molecule has 8 heteroatoms. The zero-order valence-corrected chi connectivity index (χ0v) is 14.3. The van der Waals surface area contributed by atoms with Crippen molar-refractivity contribution in [3.63, 3.8) is 0 Å². The minimum Gasteiger partial charge on any atom is -0.494 e. The van der Waals surface area contributed by atoms with Gasteiger partial charge in [0, 0.05) is 38.9 Å². The summed E-state index contributed by atoms with van der Waals surface area (Å²) in [6, 6.07) is 7.34. The summed E-state index contributed by atoms with van der Waals surface area (Å²) in [5, 5.41) is 0. The molecule has 26 heavy (non-hydrogen) atoms. The number of alkyl halides is 3. The van der Waals surface area contributed by atoms with Crippen LogP contribution in [0, 0.1) is 5.82 Å². The summed E-state index contributed by atoms with van der Waals surface area (Å²) in [5.41, 5.74) is 0.103. The molecule has 2 heterocycles. The van der Waals surface area contributed by atoms with Crippen LogP contribution in [0.1, 0.15) is 11.1 Å². The number of ether oxygens (including phenoxy) is 1. The molecule has 1 aliphatic rings. The second-order valence-electron chi connectivity index (χ2n) is 6.13. The average Bonchev–Trinajstić information content (AvgIpc) is 2.62. The summed E-state index contributed by atoms with van der Waals surface area (Å²) in [5.74, 6) is 0.359. The van der Waals surface area contributed by atoms with Crippen molar-refractivity contribution >= 4 is 5.82 Å². The van der Waals surface area contributed by atoms with E-state index in [1.54, 1.807) is 6.07 Å². The van der Waals surface area contributed by atoms with Gasteiger partial charge in [-0.2, -0.15) is 13.2 Å². The fourth-order valence-electron chi connectivity index (χ4n) is 2.94. The molecule has 0 saturated carbocycles.